The zero-order valence-electron chi connectivity index (χ0n) is 15.5. The minimum Gasteiger partial charge on any atom is -0.419 e. The first-order valence-corrected chi connectivity index (χ1v) is 9.92. The number of rotatable bonds is 6. The van der Waals surface area contributed by atoms with Gasteiger partial charge in [-0.2, -0.15) is 0 Å². The van der Waals surface area contributed by atoms with Gasteiger partial charge in [-0.05, 0) is 49.8 Å². The molecule has 0 fully saturated rings. The zero-order valence-corrected chi connectivity index (χ0v) is 17.8. The van der Waals surface area contributed by atoms with Crippen LogP contribution in [0.2, 0.25) is 5.02 Å². The van der Waals surface area contributed by atoms with Crippen molar-refractivity contribution in [1.29, 1.82) is 0 Å². The second-order valence-electron chi connectivity index (χ2n) is 6.43. The second-order valence-corrected chi connectivity index (χ2v) is 7.75. The van der Waals surface area contributed by atoms with Crippen LogP contribution in [-0.4, -0.2) is 27.0 Å². The van der Waals surface area contributed by atoms with Crippen LogP contribution in [0.25, 0.3) is 17.5 Å². The molecule has 144 valence electrons. The van der Waals surface area contributed by atoms with E-state index in [1.807, 2.05) is 56.3 Å². The highest BCUT2D eigenvalue weighted by molar-refractivity contribution is 9.10. The highest BCUT2D eigenvalue weighted by Gasteiger charge is 2.19. The Labute approximate surface area is 177 Å². The SMILES string of the molecule is CC(C)N(Cc1nnc(-c2ccccc2Cl)o1)C(=O)C=Cc1cccc(Br)c1. The molecule has 1 amide bonds. The van der Waals surface area contributed by atoms with E-state index in [0.717, 1.165) is 10.0 Å². The van der Waals surface area contributed by atoms with Crippen molar-refractivity contribution in [2.75, 3.05) is 0 Å². The lowest BCUT2D eigenvalue weighted by Gasteiger charge is -2.23. The molecule has 28 heavy (non-hydrogen) atoms. The van der Waals surface area contributed by atoms with Gasteiger partial charge in [0.25, 0.3) is 0 Å². The third-order valence-electron chi connectivity index (χ3n) is 4.05. The molecule has 1 aromatic heterocycles. The number of amides is 1. The average molecular weight is 461 g/mol. The van der Waals surface area contributed by atoms with Gasteiger partial charge < -0.3 is 9.32 Å². The summed E-state index contributed by atoms with van der Waals surface area (Å²) in [4.78, 5) is 14.4. The minimum absolute atomic E-state index is 0.0321. The molecule has 2 aromatic carbocycles. The Balaban J connectivity index is 1.75. The van der Waals surface area contributed by atoms with Gasteiger partial charge >= 0.3 is 0 Å². The molecule has 7 heteroatoms. The van der Waals surface area contributed by atoms with Gasteiger partial charge in [0.15, 0.2) is 0 Å². The first-order chi connectivity index (χ1) is 13.4. The fraction of sp³-hybridized carbons (Fsp3) is 0.190. The summed E-state index contributed by atoms with van der Waals surface area (Å²) < 4.78 is 6.69. The van der Waals surface area contributed by atoms with Crippen LogP contribution in [0.15, 0.2) is 63.5 Å². The van der Waals surface area contributed by atoms with Crippen LogP contribution in [0.5, 0.6) is 0 Å². The van der Waals surface area contributed by atoms with E-state index in [1.165, 1.54) is 0 Å². The van der Waals surface area contributed by atoms with E-state index in [9.17, 15) is 4.79 Å². The number of hydrogen-bond donors (Lipinski definition) is 0. The quantitative estimate of drug-likeness (QED) is 0.449. The Bertz CT molecular complexity index is 1000. The summed E-state index contributed by atoms with van der Waals surface area (Å²) in [7, 11) is 0. The number of hydrogen-bond acceptors (Lipinski definition) is 4. The normalized spacial score (nSPS) is 11.3. The predicted molar refractivity (Wildman–Crippen MR) is 114 cm³/mol. The van der Waals surface area contributed by atoms with Gasteiger partial charge in [-0.1, -0.05) is 51.8 Å². The maximum Gasteiger partial charge on any atom is 0.249 e. The molecule has 0 aliphatic rings. The molecule has 0 saturated carbocycles. The van der Waals surface area contributed by atoms with E-state index >= 15 is 0 Å². The van der Waals surface area contributed by atoms with E-state index in [4.69, 9.17) is 16.0 Å². The van der Waals surface area contributed by atoms with Crippen molar-refractivity contribution in [2.24, 2.45) is 0 Å². The first-order valence-electron chi connectivity index (χ1n) is 8.75. The van der Waals surface area contributed by atoms with Gasteiger partial charge in [0.05, 0.1) is 17.1 Å². The van der Waals surface area contributed by atoms with Crippen molar-refractivity contribution in [3.63, 3.8) is 0 Å². The summed E-state index contributed by atoms with van der Waals surface area (Å²) >= 11 is 9.61. The molecule has 0 aliphatic carbocycles. The Morgan fingerprint density at radius 3 is 2.71 bits per heavy atom. The summed E-state index contributed by atoms with van der Waals surface area (Å²) in [5.41, 5.74) is 1.60. The van der Waals surface area contributed by atoms with Crippen molar-refractivity contribution in [3.05, 3.63) is 75.6 Å². The molecular formula is C21H19BrClN3O2. The monoisotopic (exact) mass is 459 g/mol. The van der Waals surface area contributed by atoms with Crippen LogP contribution < -0.4 is 0 Å². The maximum atomic E-state index is 12.7. The molecule has 3 rings (SSSR count). The maximum absolute atomic E-state index is 12.7. The van der Waals surface area contributed by atoms with Crippen LogP contribution in [0.1, 0.15) is 25.3 Å². The van der Waals surface area contributed by atoms with E-state index in [1.54, 1.807) is 23.1 Å². The third-order valence-corrected chi connectivity index (χ3v) is 4.87. The highest BCUT2D eigenvalue weighted by atomic mass is 79.9. The zero-order chi connectivity index (χ0) is 20.1. The van der Waals surface area contributed by atoms with Gasteiger partial charge in [-0.3, -0.25) is 4.79 Å². The van der Waals surface area contributed by atoms with Crippen LogP contribution >= 0.6 is 27.5 Å². The van der Waals surface area contributed by atoms with E-state index in [0.29, 0.717) is 22.4 Å². The summed E-state index contributed by atoms with van der Waals surface area (Å²) in [6.45, 7) is 4.10. The van der Waals surface area contributed by atoms with E-state index in [-0.39, 0.29) is 18.5 Å². The lowest BCUT2D eigenvalue weighted by Crippen LogP contribution is -2.35. The molecule has 0 aliphatic heterocycles. The molecule has 0 unspecified atom stereocenters. The third kappa shape index (κ3) is 5.09. The molecule has 0 N–H and O–H groups in total. The molecule has 1 heterocycles. The topological polar surface area (TPSA) is 59.2 Å². The Morgan fingerprint density at radius 2 is 2.00 bits per heavy atom. The van der Waals surface area contributed by atoms with E-state index in [2.05, 4.69) is 26.1 Å². The van der Waals surface area contributed by atoms with Crippen LogP contribution in [0.3, 0.4) is 0 Å². The molecule has 0 bridgehead atoms. The first kappa shape index (κ1) is 20.3. The van der Waals surface area contributed by atoms with Crippen molar-refractivity contribution in [2.45, 2.75) is 26.4 Å². The van der Waals surface area contributed by atoms with Gasteiger partial charge in [0.1, 0.15) is 0 Å². The average Bonchev–Trinajstić information content (AvgIpc) is 3.13. The molecule has 0 atom stereocenters. The largest absolute Gasteiger partial charge is 0.419 e. The van der Waals surface area contributed by atoms with Crippen LogP contribution in [0.4, 0.5) is 0 Å². The molecule has 5 nitrogen and oxygen atoms in total. The van der Waals surface area contributed by atoms with E-state index < -0.39 is 0 Å². The number of nitrogens with zero attached hydrogens (tertiary/aromatic N) is 3. The van der Waals surface area contributed by atoms with Crippen molar-refractivity contribution < 1.29 is 9.21 Å². The van der Waals surface area contributed by atoms with Gasteiger partial charge in [-0.15, -0.1) is 10.2 Å². The summed E-state index contributed by atoms with van der Waals surface area (Å²) in [6, 6.07) is 15.0. The van der Waals surface area contributed by atoms with Gasteiger partial charge in [-0.25, -0.2) is 0 Å². The Kier molecular flexibility index (Phi) is 6.65. The summed E-state index contributed by atoms with van der Waals surface area (Å²) in [6.07, 6.45) is 3.33. The van der Waals surface area contributed by atoms with Gasteiger partial charge in [0, 0.05) is 16.6 Å². The van der Waals surface area contributed by atoms with Crippen molar-refractivity contribution in [3.8, 4) is 11.5 Å². The fourth-order valence-electron chi connectivity index (χ4n) is 2.60. The second kappa shape index (κ2) is 9.17. The molecule has 3 aromatic rings. The lowest BCUT2D eigenvalue weighted by atomic mass is 10.2. The molecule has 0 spiro atoms. The standard InChI is InChI=1S/C21H19BrClN3O2/c1-14(2)26(20(27)11-10-15-6-5-7-16(22)12-15)13-19-24-25-21(28-19)17-8-3-4-9-18(17)23/h3-12,14H,13H2,1-2H3. The highest BCUT2D eigenvalue weighted by Crippen LogP contribution is 2.26. The molecule has 0 saturated heterocycles. The summed E-state index contributed by atoms with van der Waals surface area (Å²) in [5.74, 6) is 0.557. The van der Waals surface area contributed by atoms with Crippen LogP contribution in [0, 0.1) is 0 Å². The Morgan fingerprint density at radius 1 is 1.21 bits per heavy atom. The number of aromatic nitrogens is 2. The summed E-state index contributed by atoms with van der Waals surface area (Å²) in [5, 5.41) is 8.66. The smallest absolute Gasteiger partial charge is 0.249 e. The van der Waals surface area contributed by atoms with Crippen molar-refractivity contribution >= 4 is 39.5 Å². The number of carbonyl (C=O) groups is 1. The lowest BCUT2D eigenvalue weighted by molar-refractivity contribution is -0.128. The number of benzene rings is 2. The number of halogens is 2. The molecule has 0 radical (unpaired) electrons. The van der Waals surface area contributed by atoms with Crippen LogP contribution in [-0.2, 0) is 11.3 Å². The van der Waals surface area contributed by atoms with Gasteiger partial charge in [0.2, 0.25) is 17.7 Å². The molecular weight excluding hydrogens is 442 g/mol. The minimum atomic E-state index is -0.132. The predicted octanol–water partition coefficient (Wildman–Crippen LogP) is 5.60. The Hall–Kier alpha value is -2.44. The van der Waals surface area contributed by atoms with Crippen molar-refractivity contribution in [1.82, 2.24) is 15.1 Å². The fourth-order valence-corrected chi connectivity index (χ4v) is 3.23. The number of carbonyl (C=O) groups excluding carboxylic acids is 1.